The maximum atomic E-state index is 13.1. The molecule has 1 saturated carbocycles. The number of likely N-dealkylation sites (tertiary alicyclic amines) is 1. The lowest BCUT2D eigenvalue weighted by molar-refractivity contribution is -0.0178. The summed E-state index contributed by atoms with van der Waals surface area (Å²) in [5, 5.41) is 22.6. The Morgan fingerprint density at radius 3 is 2.52 bits per heavy atom. The molecule has 1 aliphatic carbocycles. The van der Waals surface area contributed by atoms with Crippen LogP contribution in [0.2, 0.25) is 5.02 Å². The molecular weight excluding hydrogens is 398 g/mol. The molecule has 5 nitrogen and oxygen atoms in total. The molecule has 3 aliphatic rings. The number of piperidine rings is 1. The van der Waals surface area contributed by atoms with Gasteiger partial charge in [0.1, 0.15) is 11.7 Å². The van der Waals surface area contributed by atoms with Gasteiger partial charge >= 0.3 is 0 Å². The van der Waals surface area contributed by atoms with Crippen LogP contribution in [0.3, 0.4) is 0 Å². The van der Waals surface area contributed by atoms with Crippen molar-refractivity contribution in [3.8, 4) is 0 Å². The first kappa shape index (κ1) is 20.0. The van der Waals surface area contributed by atoms with E-state index in [0.717, 1.165) is 11.3 Å². The minimum absolute atomic E-state index is 0.115. The number of amidine groups is 2. The molecule has 1 unspecified atom stereocenters. The largest absolute Gasteiger partial charge is 0.385 e. The van der Waals surface area contributed by atoms with Gasteiger partial charge < -0.3 is 15.3 Å². The average molecular weight is 421 g/mol. The lowest BCUT2D eigenvalue weighted by Gasteiger charge is -2.40. The molecule has 154 valence electrons. The summed E-state index contributed by atoms with van der Waals surface area (Å²) in [7, 11) is 0. The van der Waals surface area contributed by atoms with E-state index in [1.54, 1.807) is 30.5 Å². The third-order valence-corrected chi connectivity index (χ3v) is 6.03. The van der Waals surface area contributed by atoms with Crippen molar-refractivity contribution in [1.29, 1.82) is 5.41 Å². The summed E-state index contributed by atoms with van der Waals surface area (Å²) >= 11 is 5.94. The van der Waals surface area contributed by atoms with E-state index < -0.39 is 17.4 Å². The minimum Gasteiger partial charge on any atom is -0.385 e. The maximum Gasteiger partial charge on any atom is 0.252 e. The Bertz CT molecular complexity index is 886. The number of hydrogen-bond donors (Lipinski definition) is 3. The second-order valence-electron chi connectivity index (χ2n) is 7.89. The highest BCUT2D eigenvalue weighted by molar-refractivity contribution is 6.30. The van der Waals surface area contributed by atoms with Crippen molar-refractivity contribution in [3.05, 3.63) is 58.9 Å². The maximum absolute atomic E-state index is 13.1. The lowest BCUT2D eigenvalue weighted by atomic mass is 9.84. The molecule has 0 bridgehead atoms. The number of alkyl halides is 2. The van der Waals surface area contributed by atoms with Crippen LogP contribution in [0.5, 0.6) is 0 Å². The molecule has 1 aromatic carbocycles. The van der Waals surface area contributed by atoms with Crippen LogP contribution in [0.1, 0.15) is 31.2 Å². The Hall–Kier alpha value is -2.25. The van der Waals surface area contributed by atoms with Gasteiger partial charge in [0.05, 0.1) is 5.60 Å². The number of nitrogens with zero attached hydrogens (tertiary/aromatic N) is 2. The van der Waals surface area contributed by atoms with Gasteiger partial charge in [-0.1, -0.05) is 23.7 Å². The lowest BCUT2D eigenvalue weighted by Crippen LogP contribution is -2.42. The van der Waals surface area contributed by atoms with Crippen LogP contribution in [0.25, 0.3) is 0 Å². The molecular formula is C21H23ClF2N4O. The van der Waals surface area contributed by atoms with Gasteiger partial charge in [-0.25, -0.2) is 13.8 Å². The molecule has 4 rings (SSSR count). The van der Waals surface area contributed by atoms with Crippen LogP contribution in [-0.4, -0.2) is 40.7 Å². The summed E-state index contributed by atoms with van der Waals surface area (Å²) < 4.78 is 26.3. The van der Waals surface area contributed by atoms with Gasteiger partial charge in [0.25, 0.3) is 5.92 Å². The van der Waals surface area contributed by atoms with E-state index in [0.29, 0.717) is 36.8 Å². The van der Waals surface area contributed by atoms with E-state index in [4.69, 9.17) is 17.0 Å². The van der Waals surface area contributed by atoms with Crippen molar-refractivity contribution >= 4 is 23.3 Å². The monoisotopic (exact) mass is 420 g/mol. The van der Waals surface area contributed by atoms with Crippen LogP contribution in [0, 0.1) is 11.3 Å². The Labute approximate surface area is 173 Å². The quantitative estimate of drug-likeness (QED) is 0.688. The first-order valence-electron chi connectivity index (χ1n) is 9.67. The van der Waals surface area contributed by atoms with Gasteiger partial charge in [-0.15, -0.1) is 0 Å². The van der Waals surface area contributed by atoms with E-state index in [1.807, 2.05) is 12.1 Å². The first-order valence-corrected chi connectivity index (χ1v) is 10.0. The second-order valence-corrected chi connectivity index (χ2v) is 8.33. The van der Waals surface area contributed by atoms with Crippen LogP contribution >= 0.6 is 11.6 Å². The topological polar surface area (TPSA) is 71.7 Å². The number of halogens is 3. The van der Waals surface area contributed by atoms with E-state index in [9.17, 15) is 13.9 Å². The van der Waals surface area contributed by atoms with Crippen LogP contribution in [0.15, 0.2) is 53.3 Å². The van der Waals surface area contributed by atoms with E-state index in [2.05, 4.69) is 15.2 Å². The summed E-state index contributed by atoms with van der Waals surface area (Å²) in [6.45, 7) is 1.24. The van der Waals surface area contributed by atoms with Crippen LogP contribution < -0.4 is 5.32 Å². The molecule has 29 heavy (non-hydrogen) atoms. The Morgan fingerprint density at radius 1 is 1.24 bits per heavy atom. The van der Waals surface area contributed by atoms with Gasteiger partial charge in [0, 0.05) is 54.8 Å². The van der Waals surface area contributed by atoms with Gasteiger partial charge in [0.15, 0.2) is 0 Å². The van der Waals surface area contributed by atoms with Gasteiger partial charge in [0.2, 0.25) is 0 Å². The highest BCUT2D eigenvalue weighted by Crippen LogP contribution is 2.50. The van der Waals surface area contributed by atoms with Crippen molar-refractivity contribution in [2.24, 2.45) is 10.9 Å². The molecule has 1 aromatic rings. The van der Waals surface area contributed by atoms with E-state index in [-0.39, 0.29) is 18.7 Å². The molecule has 2 heterocycles. The molecule has 2 aliphatic heterocycles. The first-order chi connectivity index (χ1) is 13.7. The second kappa shape index (κ2) is 7.54. The fourth-order valence-electron chi connectivity index (χ4n) is 3.83. The summed E-state index contributed by atoms with van der Waals surface area (Å²) in [6, 6.07) is 7.27. The molecule has 8 heteroatoms. The Balaban J connectivity index is 1.40. The molecule has 2 fully saturated rings. The Morgan fingerprint density at radius 2 is 1.90 bits per heavy atom. The van der Waals surface area contributed by atoms with Crippen molar-refractivity contribution in [1.82, 2.24) is 10.2 Å². The normalized spacial score (nSPS) is 28.3. The highest BCUT2D eigenvalue weighted by atomic mass is 35.5. The van der Waals surface area contributed by atoms with Crippen molar-refractivity contribution < 1.29 is 13.9 Å². The van der Waals surface area contributed by atoms with E-state index >= 15 is 0 Å². The number of rotatable bonds is 4. The fourth-order valence-corrected chi connectivity index (χ4v) is 3.96. The van der Waals surface area contributed by atoms with Crippen molar-refractivity contribution in [3.63, 3.8) is 0 Å². The minimum atomic E-state index is -2.60. The third-order valence-electron chi connectivity index (χ3n) is 5.78. The summed E-state index contributed by atoms with van der Waals surface area (Å²) in [6.07, 6.45) is 6.16. The molecule has 1 saturated heterocycles. The Kier molecular flexibility index (Phi) is 5.21. The standard InChI is InChI=1S/C21H23ClF2N4O/c22-16-3-1-14(2-4-16)20(29)6-9-28(10-7-20)17-5-8-26-19(27-18(25)12-17)11-15-13-21(15,23)24/h1-5,8,12,15,29H,6-7,9-11,13H2,(H2,25,26,27). The molecule has 0 radical (unpaired) electrons. The molecule has 0 aromatic heterocycles. The average Bonchev–Trinajstić information content (AvgIpc) is 3.26. The third kappa shape index (κ3) is 4.51. The number of allylic oxidation sites excluding steroid dienone is 1. The SMILES string of the molecule is N=C1/C=C(N2CCC(O)(c3ccc(Cl)cc3)CC2)\C=C/N=C(CC2CC2(F)F)N1. The molecule has 1 atom stereocenters. The van der Waals surface area contributed by atoms with Gasteiger partial charge in [-0.2, -0.15) is 0 Å². The van der Waals surface area contributed by atoms with Crippen LogP contribution in [-0.2, 0) is 5.60 Å². The van der Waals surface area contributed by atoms with Crippen LogP contribution in [0.4, 0.5) is 8.78 Å². The predicted octanol–water partition coefficient (Wildman–Crippen LogP) is 4.05. The van der Waals surface area contributed by atoms with Gasteiger partial charge in [-0.3, -0.25) is 5.41 Å². The van der Waals surface area contributed by atoms with E-state index in [1.165, 1.54) is 0 Å². The number of nitrogens with one attached hydrogen (secondary N) is 2. The number of hydrogen-bond acceptors (Lipinski definition) is 4. The van der Waals surface area contributed by atoms with Crippen molar-refractivity contribution in [2.75, 3.05) is 13.1 Å². The molecule has 0 spiro atoms. The van der Waals surface area contributed by atoms with Crippen molar-refractivity contribution in [2.45, 2.75) is 37.2 Å². The molecule has 0 amide bonds. The zero-order valence-electron chi connectivity index (χ0n) is 15.8. The number of aliphatic imine (C=N–C) groups is 1. The highest BCUT2D eigenvalue weighted by Gasteiger charge is 2.56. The summed E-state index contributed by atoms with van der Waals surface area (Å²) in [4.78, 5) is 6.32. The summed E-state index contributed by atoms with van der Waals surface area (Å²) in [5.74, 6) is -2.79. The molecule has 3 N–H and O–H groups in total. The number of aliphatic hydroxyl groups is 1. The fraction of sp³-hybridized carbons (Fsp3) is 0.429. The smallest absolute Gasteiger partial charge is 0.252 e. The predicted molar refractivity (Wildman–Crippen MR) is 109 cm³/mol. The van der Waals surface area contributed by atoms with Gasteiger partial charge in [-0.05, 0) is 36.6 Å². The zero-order chi connectivity index (χ0) is 20.6. The number of benzene rings is 1. The summed E-state index contributed by atoms with van der Waals surface area (Å²) in [5.41, 5.74) is 0.754. The zero-order valence-corrected chi connectivity index (χ0v) is 16.6.